The van der Waals surface area contributed by atoms with E-state index in [0.717, 1.165) is 25.7 Å². The summed E-state index contributed by atoms with van der Waals surface area (Å²) in [4.78, 5) is 10.4. The predicted molar refractivity (Wildman–Crippen MR) is 49.4 cm³/mol. The van der Waals surface area contributed by atoms with Crippen molar-refractivity contribution in [2.75, 3.05) is 0 Å². The van der Waals surface area contributed by atoms with E-state index in [-0.39, 0.29) is 30.8 Å². The first-order chi connectivity index (χ1) is 5.20. The van der Waals surface area contributed by atoms with E-state index in [4.69, 9.17) is 10.8 Å². The van der Waals surface area contributed by atoms with Gasteiger partial charge >= 0.3 is 5.97 Å². The summed E-state index contributed by atoms with van der Waals surface area (Å²) in [6.45, 7) is 0. The molecule has 3 nitrogen and oxygen atoms in total. The van der Waals surface area contributed by atoms with Gasteiger partial charge in [-0.1, -0.05) is 12.8 Å². The molecular formula is C8H16ClNO2. The minimum Gasteiger partial charge on any atom is -0.481 e. The molecule has 0 heterocycles. The van der Waals surface area contributed by atoms with Crippen LogP contribution in [0.4, 0.5) is 0 Å². The fourth-order valence-corrected chi connectivity index (χ4v) is 1.71. The maximum Gasteiger partial charge on any atom is 0.303 e. The zero-order valence-corrected chi connectivity index (χ0v) is 7.85. The number of rotatable bonds is 2. The largest absolute Gasteiger partial charge is 0.481 e. The molecule has 0 saturated heterocycles. The summed E-state index contributed by atoms with van der Waals surface area (Å²) >= 11 is 0. The molecule has 0 aromatic rings. The van der Waals surface area contributed by atoms with Crippen molar-refractivity contribution in [2.45, 2.75) is 38.1 Å². The lowest BCUT2D eigenvalue weighted by Gasteiger charge is -2.26. The third kappa shape index (κ3) is 3.41. The summed E-state index contributed by atoms with van der Waals surface area (Å²) in [6.07, 6.45) is 4.55. The Morgan fingerprint density at radius 2 is 2.00 bits per heavy atom. The number of aliphatic carboxylic acids is 1. The standard InChI is InChI=1S/C8H15NO2.ClH/c9-7-4-2-1-3-6(7)5-8(10)11;/h6-7H,1-5,9H2,(H,10,11);1H/t6-,7-;/m0./s1. The van der Waals surface area contributed by atoms with Crippen molar-refractivity contribution in [1.82, 2.24) is 0 Å². The van der Waals surface area contributed by atoms with Gasteiger partial charge in [0, 0.05) is 12.5 Å². The Hall–Kier alpha value is -0.280. The van der Waals surface area contributed by atoms with E-state index in [1.165, 1.54) is 0 Å². The minimum absolute atomic E-state index is 0. The summed E-state index contributed by atoms with van der Waals surface area (Å²) in [7, 11) is 0. The lowest BCUT2D eigenvalue weighted by molar-refractivity contribution is -0.138. The van der Waals surface area contributed by atoms with Crippen LogP contribution in [-0.4, -0.2) is 17.1 Å². The van der Waals surface area contributed by atoms with Gasteiger partial charge in [-0.2, -0.15) is 0 Å². The van der Waals surface area contributed by atoms with Gasteiger partial charge in [0.15, 0.2) is 0 Å². The average Bonchev–Trinajstić information content (AvgIpc) is 1.93. The van der Waals surface area contributed by atoms with Gasteiger partial charge in [0.1, 0.15) is 0 Å². The van der Waals surface area contributed by atoms with Gasteiger partial charge in [-0.25, -0.2) is 0 Å². The minimum atomic E-state index is -0.715. The highest BCUT2D eigenvalue weighted by Gasteiger charge is 2.23. The van der Waals surface area contributed by atoms with Crippen LogP contribution in [0.3, 0.4) is 0 Å². The average molecular weight is 194 g/mol. The van der Waals surface area contributed by atoms with E-state index in [0.29, 0.717) is 0 Å². The second-order valence-corrected chi connectivity index (χ2v) is 3.31. The molecule has 0 aromatic heterocycles. The van der Waals surface area contributed by atoms with E-state index in [1.807, 2.05) is 0 Å². The number of carboxylic acid groups (broad SMARTS) is 1. The SMILES string of the molecule is Cl.N[C@H]1CCCC[C@H]1CC(=O)O. The first kappa shape index (κ1) is 11.7. The van der Waals surface area contributed by atoms with Gasteiger partial charge in [-0.3, -0.25) is 4.79 Å². The molecule has 3 N–H and O–H groups in total. The van der Waals surface area contributed by atoms with Crippen molar-refractivity contribution in [3.05, 3.63) is 0 Å². The van der Waals surface area contributed by atoms with Gasteiger partial charge in [0.2, 0.25) is 0 Å². The fraction of sp³-hybridized carbons (Fsp3) is 0.875. The van der Waals surface area contributed by atoms with Crippen molar-refractivity contribution in [2.24, 2.45) is 11.7 Å². The molecule has 1 rings (SSSR count). The monoisotopic (exact) mass is 193 g/mol. The normalized spacial score (nSPS) is 29.1. The molecule has 72 valence electrons. The molecule has 1 aliphatic rings. The summed E-state index contributed by atoms with van der Waals surface area (Å²) in [5.74, 6) is -0.492. The smallest absolute Gasteiger partial charge is 0.303 e. The maximum absolute atomic E-state index is 10.4. The Morgan fingerprint density at radius 3 is 2.50 bits per heavy atom. The lowest BCUT2D eigenvalue weighted by atomic mass is 9.83. The molecule has 12 heavy (non-hydrogen) atoms. The zero-order valence-electron chi connectivity index (χ0n) is 7.03. The molecular weight excluding hydrogens is 178 g/mol. The zero-order chi connectivity index (χ0) is 8.27. The van der Waals surface area contributed by atoms with Crippen LogP contribution < -0.4 is 5.73 Å². The third-order valence-electron chi connectivity index (χ3n) is 2.40. The van der Waals surface area contributed by atoms with Crippen LogP contribution in [0.25, 0.3) is 0 Å². The highest BCUT2D eigenvalue weighted by Crippen LogP contribution is 2.25. The number of hydrogen-bond acceptors (Lipinski definition) is 2. The van der Waals surface area contributed by atoms with Crippen molar-refractivity contribution < 1.29 is 9.90 Å². The molecule has 1 fully saturated rings. The summed E-state index contributed by atoms with van der Waals surface area (Å²) in [5.41, 5.74) is 5.76. The topological polar surface area (TPSA) is 63.3 Å². The van der Waals surface area contributed by atoms with Crippen molar-refractivity contribution in [1.29, 1.82) is 0 Å². The summed E-state index contributed by atoms with van der Waals surface area (Å²) in [5, 5.41) is 8.53. The van der Waals surface area contributed by atoms with Gasteiger partial charge in [-0.15, -0.1) is 12.4 Å². The molecule has 0 spiro atoms. The van der Waals surface area contributed by atoms with E-state index in [2.05, 4.69) is 0 Å². The summed E-state index contributed by atoms with van der Waals surface area (Å²) in [6, 6.07) is 0.125. The van der Waals surface area contributed by atoms with Crippen LogP contribution >= 0.6 is 12.4 Å². The third-order valence-corrected chi connectivity index (χ3v) is 2.40. The molecule has 0 bridgehead atoms. The Kier molecular flexibility index (Phi) is 5.25. The first-order valence-electron chi connectivity index (χ1n) is 4.17. The molecule has 0 aromatic carbocycles. The number of nitrogens with two attached hydrogens (primary N) is 1. The van der Waals surface area contributed by atoms with Crippen molar-refractivity contribution in [3.8, 4) is 0 Å². The quantitative estimate of drug-likeness (QED) is 0.697. The number of hydrogen-bond donors (Lipinski definition) is 2. The molecule has 0 unspecified atom stereocenters. The second kappa shape index (κ2) is 5.38. The second-order valence-electron chi connectivity index (χ2n) is 3.31. The number of carboxylic acids is 1. The highest BCUT2D eigenvalue weighted by atomic mass is 35.5. The Balaban J connectivity index is 0.00000121. The van der Waals surface area contributed by atoms with Crippen molar-refractivity contribution in [3.63, 3.8) is 0 Å². The molecule has 0 amide bonds. The lowest BCUT2D eigenvalue weighted by Crippen LogP contribution is -2.34. The number of halogens is 1. The highest BCUT2D eigenvalue weighted by molar-refractivity contribution is 5.85. The van der Waals surface area contributed by atoms with Gasteiger partial charge < -0.3 is 10.8 Å². The Bertz CT molecular complexity index is 152. The van der Waals surface area contributed by atoms with Crippen LogP contribution in [0.1, 0.15) is 32.1 Å². The number of carbonyl (C=O) groups is 1. The van der Waals surface area contributed by atoms with E-state index < -0.39 is 5.97 Å². The molecule has 0 radical (unpaired) electrons. The molecule has 1 aliphatic carbocycles. The van der Waals surface area contributed by atoms with E-state index in [1.54, 1.807) is 0 Å². The summed E-state index contributed by atoms with van der Waals surface area (Å²) < 4.78 is 0. The molecule has 2 atom stereocenters. The maximum atomic E-state index is 10.4. The molecule has 4 heteroatoms. The Morgan fingerprint density at radius 1 is 1.42 bits per heavy atom. The van der Waals surface area contributed by atoms with Crippen LogP contribution in [-0.2, 0) is 4.79 Å². The van der Waals surface area contributed by atoms with Crippen LogP contribution in [0.15, 0.2) is 0 Å². The van der Waals surface area contributed by atoms with Crippen LogP contribution in [0, 0.1) is 5.92 Å². The Labute approximate surface area is 78.7 Å². The van der Waals surface area contributed by atoms with E-state index >= 15 is 0 Å². The van der Waals surface area contributed by atoms with Gasteiger partial charge in [0.05, 0.1) is 0 Å². The van der Waals surface area contributed by atoms with Gasteiger partial charge in [0.25, 0.3) is 0 Å². The van der Waals surface area contributed by atoms with Gasteiger partial charge in [-0.05, 0) is 18.8 Å². The predicted octanol–water partition coefficient (Wildman–Crippen LogP) is 1.40. The van der Waals surface area contributed by atoms with Crippen LogP contribution in [0.5, 0.6) is 0 Å². The van der Waals surface area contributed by atoms with Crippen molar-refractivity contribution >= 4 is 18.4 Å². The van der Waals surface area contributed by atoms with Crippen LogP contribution in [0.2, 0.25) is 0 Å². The van der Waals surface area contributed by atoms with E-state index in [9.17, 15) is 4.79 Å². The molecule has 1 saturated carbocycles. The fourth-order valence-electron chi connectivity index (χ4n) is 1.71. The first-order valence-corrected chi connectivity index (χ1v) is 4.17. The molecule has 0 aliphatic heterocycles.